The molecule has 0 bridgehead atoms. The molecule has 130 valence electrons. The molecule has 1 atom stereocenters. The number of carbonyl (C=O) groups is 1. The summed E-state index contributed by atoms with van der Waals surface area (Å²) >= 11 is 12.3. The van der Waals surface area contributed by atoms with E-state index in [0.29, 0.717) is 21.6 Å². The molecule has 0 radical (unpaired) electrons. The zero-order valence-corrected chi connectivity index (χ0v) is 14.9. The summed E-state index contributed by atoms with van der Waals surface area (Å²) in [6.45, 7) is 0. The SMILES string of the molecule is O=C(Nc1cc[nH+]cn1)C1=C2C=CC=CN2C(c2cc(Cl)cc(Cl)c2)N1. The maximum Gasteiger partial charge on any atom is 0.286 e. The zero-order valence-electron chi connectivity index (χ0n) is 13.4. The van der Waals surface area contributed by atoms with Gasteiger partial charge in [-0.15, -0.1) is 0 Å². The Bertz CT molecular complexity index is 935. The van der Waals surface area contributed by atoms with Crippen LogP contribution in [0.4, 0.5) is 5.82 Å². The van der Waals surface area contributed by atoms with E-state index in [1.54, 1.807) is 18.3 Å². The Morgan fingerprint density at radius 1 is 1.23 bits per heavy atom. The van der Waals surface area contributed by atoms with E-state index < -0.39 is 0 Å². The van der Waals surface area contributed by atoms with E-state index in [2.05, 4.69) is 20.6 Å². The van der Waals surface area contributed by atoms with Crippen molar-refractivity contribution in [2.45, 2.75) is 6.17 Å². The third-order valence-electron chi connectivity index (χ3n) is 3.99. The van der Waals surface area contributed by atoms with Crippen molar-refractivity contribution in [3.05, 3.63) is 88.2 Å². The number of aromatic amines is 1. The topological polar surface area (TPSA) is 71.4 Å². The molecule has 2 aromatic rings. The molecule has 6 nitrogen and oxygen atoms in total. The maximum absolute atomic E-state index is 12.8. The maximum atomic E-state index is 12.8. The minimum atomic E-state index is -0.291. The molecule has 0 saturated carbocycles. The number of H-pyrrole nitrogens is 1. The quantitative estimate of drug-likeness (QED) is 0.850. The van der Waals surface area contributed by atoms with Crippen molar-refractivity contribution in [1.82, 2.24) is 15.2 Å². The number of fused-ring (bicyclic) bond motifs is 1. The van der Waals surface area contributed by atoms with Gasteiger partial charge in [0.2, 0.25) is 0 Å². The molecule has 1 aromatic heterocycles. The van der Waals surface area contributed by atoms with Crippen molar-refractivity contribution in [2.75, 3.05) is 5.32 Å². The number of nitrogens with one attached hydrogen (secondary N) is 3. The predicted molar refractivity (Wildman–Crippen MR) is 98.9 cm³/mol. The highest BCUT2D eigenvalue weighted by Crippen LogP contribution is 2.36. The molecule has 0 aliphatic carbocycles. The van der Waals surface area contributed by atoms with Crippen LogP contribution in [0.25, 0.3) is 0 Å². The number of hydrogen-bond donors (Lipinski definition) is 2. The second-order valence-corrected chi connectivity index (χ2v) is 6.59. The summed E-state index contributed by atoms with van der Waals surface area (Å²) in [5, 5.41) is 7.12. The van der Waals surface area contributed by atoms with Gasteiger partial charge in [0.05, 0.1) is 11.9 Å². The van der Waals surface area contributed by atoms with Gasteiger partial charge < -0.3 is 10.2 Å². The summed E-state index contributed by atoms with van der Waals surface area (Å²) < 4.78 is 0. The van der Waals surface area contributed by atoms with Gasteiger partial charge in [-0.2, -0.15) is 0 Å². The zero-order chi connectivity index (χ0) is 18.1. The average molecular weight is 387 g/mol. The Kier molecular flexibility index (Phi) is 4.36. The van der Waals surface area contributed by atoms with Gasteiger partial charge in [0, 0.05) is 22.3 Å². The number of nitrogens with zero attached hydrogens (tertiary/aromatic N) is 2. The predicted octanol–water partition coefficient (Wildman–Crippen LogP) is 3.04. The van der Waals surface area contributed by atoms with Gasteiger partial charge in [0.15, 0.2) is 0 Å². The fourth-order valence-electron chi connectivity index (χ4n) is 2.90. The molecule has 3 N–H and O–H groups in total. The summed E-state index contributed by atoms with van der Waals surface area (Å²) in [5.74, 6) is 0.180. The molecule has 1 amide bonds. The molecule has 0 saturated heterocycles. The van der Waals surface area contributed by atoms with Crippen LogP contribution in [0.15, 0.2) is 72.6 Å². The third kappa shape index (κ3) is 3.16. The van der Waals surface area contributed by atoms with Gasteiger partial charge in [-0.25, -0.2) is 0 Å². The fraction of sp³-hybridized carbons (Fsp3) is 0.0556. The lowest BCUT2D eigenvalue weighted by molar-refractivity contribution is -0.382. The Morgan fingerprint density at radius 2 is 2.04 bits per heavy atom. The lowest BCUT2D eigenvalue weighted by atomic mass is 10.1. The highest BCUT2D eigenvalue weighted by atomic mass is 35.5. The molecule has 3 heterocycles. The first-order valence-electron chi connectivity index (χ1n) is 7.85. The van der Waals surface area contributed by atoms with E-state index in [1.807, 2.05) is 41.5 Å². The standard InChI is InChI=1S/C18H13Cl2N5O/c19-12-7-11(8-13(20)9-12)17-24-16(14-3-1-2-6-25(14)17)18(26)23-15-4-5-21-10-22-15/h1-10,17,24H,(H,21,22,23,26)/p+1. The van der Waals surface area contributed by atoms with E-state index in [4.69, 9.17) is 23.2 Å². The number of rotatable bonds is 3. The van der Waals surface area contributed by atoms with Crippen LogP contribution in [0.3, 0.4) is 0 Å². The van der Waals surface area contributed by atoms with Crippen molar-refractivity contribution in [3.8, 4) is 0 Å². The second-order valence-electron chi connectivity index (χ2n) is 5.72. The summed E-state index contributed by atoms with van der Waals surface area (Å²) in [6, 6.07) is 7.00. The molecule has 2 aliphatic rings. The summed E-state index contributed by atoms with van der Waals surface area (Å²) in [7, 11) is 0. The van der Waals surface area contributed by atoms with Crippen LogP contribution in [-0.4, -0.2) is 15.8 Å². The minimum absolute atomic E-state index is 0.278. The Morgan fingerprint density at radius 3 is 2.77 bits per heavy atom. The van der Waals surface area contributed by atoms with E-state index in [9.17, 15) is 4.79 Å². The first-order chi connectivity index (χ1) is 12.6. The number of allylic oxidation sites excluding steroid dienone is 3. The number of benzene rings is 1. The molecule has 4 rings (SSSR count). The van der Waals surface area contributed by atoms with Crippen LogP contribution in [0.2, 0.25) is 10.0 Å². The summed E-state index contributed by atoms with van der Waals surface area (Å²) in [6.07, 6.45) is 10.5. The highest BCUT2D eigenvalue weighted by Gasteiger charge is 2.34. The summed E-state index contributed by atoms with van der Waals surface area (Å²) in [5.41, 5.74) is 2.06. The van der Waals surface area contributed by atoms with Crippen LogP contribution in [0.5, 0.6) is 0 Å². The van der Waals surface area contributed by atoms with Gasteiger partial charge in [0.25, 0.3) is 18.1 Å². The van der Waals surface area contributed by atoms with E-state index in [-0.39, 0.29) is 12.1 Å². The Labute approximate surface area is 159 Å². The van der Waals surface area contributed by atoms with Gasteiger partial charge in [0.1, 0.15) is 11.9 Å². The third-order valence-corrected chi connectivity index (χ3v) is 4.43. The van der Waals surface area contributed by atoms with Gasteiger partial charge in [-0.05, 0) is 40.9 Å². The second kappa shape index (κ2) is 6.82. The van der Waals surface area contributed by atoms with E-state index >= 15 is 0 Å². The van der Waals surface area contributed by atoms with Gasteiger partial charge in [-0.3, -0.25) is 15.1 Å². The van der Waals surface area contributed by atoms with E-state index in [1.165, 1.54) is 6.33 Å². The molecular weight excluding hydrogens is 373 g/mol. The van der Waals surface area contributed by atoms with Gasteiger partial charge >= 0.3 is 0 Å². The largest absolute Gasteiger partial charge is 0.355 e. The van der Waals surface area contributed by atoms with Crippen molar-refractivity contribution in [2.24, 2.45) is 0 Å². The lowest BCUT2D eigenvalue weighted by Gasteiger charge is -2.26. The fourth-order valence-corrected chi connectivity index (χ4v) is 3.45. The molecule has 0 fully saturated rings. The normalized spacial score (nSPS) is 17.9. The van der Waals surface area contributed by atoms with Crippen molar-refractivity contribution < 1.29 is 9.78 Å². The molecule has 0 spiro atoms. The number of halogens is 2. The highest BCUT2D eigenvalue weighted by molar-refractivity contribution is 6.34. The van der Waals surface area contributed by atoms with Crippen molar-refractivity contribution >= 4 is 34.9 Å². The molecule has 1 unspecified atom stereocenters. The first-order valence-corrected chi connectivity index (χ1v) is 8.61. The molecule has 2 aliphatic heterocycles. The number of carbonyl (C=O) groups excluding carboxylic acids is 1. The number of anilines is 1. The van der Waals surface area contributed by atoms with Crippen LogP contribution in [0.1, 0.15) is 11.7 Å². The Hall–Kier alpha value is -2.83. The number of aromatic nitrogens is 2. The van der Waals surface area contributed by atoms with Gasteiger partial charge in [-0.1, -0.05) is 29.3 Å². The van der Waals surface area contributed by atoms with Crippen molar-refractivity contribution in [1.29, 1.82) is 0 Å². The molecule has 8 heteroatoms. The minimum Gasteiger partial charge on any atom is -0.355 e. The first kappa shape index (κ1) is 16.6. The summed E-state index contributed by atoms with van der Waals surface area (Å²) in [4.78, 5) is 21.6. The van der Waals surface area contributed by atoms with E-state index in [0.717, 1.165) is 11.3 Å². The van der Waals surface area contributed by atoms with Crippen LogP contribution in [-0.2, 0) is 4.79 Å². The average Bonchev–Trinajstić information content (AvgIpc) is 3.02. The van der Waals surface area contributed by atoms with Crippen molar-refractivity contribution in [3.63, 3.8) is 0 Å². The number of amides is 1. The molecule has 1 aromatic carbocycles. The molecule has 26 heavy (non-hydrogen) atoms. The number of hydrogen-bond acceptors (Lipinski definition) is 4. The van der Waals surface area contributed by atoms with Crippen LogP contribution in [0, 0.1) is 0 Å². The smallest absolute Gasteiger partial charge is 0.286 e. The monoisotopic (exact) mass is 386 g/mol. The molecular formula is C18H14Cl2N5O+. The lowest BCUT2D eigenvalue weighted by Crippen LogP contribution is -2.28. The van der Waals surface area contributed by atoms with Crippen LogP contribution >= 0.6 is 23.2 Å². The van der Waals surface area contributed by atoms with Crippen LogP contribution < -0.4 is 15.6 Å². The Balaban J connectivity index is 1.66.